The van der Waals surface area contributed by atoms with E-state index in [0.717, 1.165) is 0 Å². The Hall–Kier alpha value is -0.180. The smallest absolute Gasteiger partial charge is 0.253 e. The predicted octanol–water partition coefficient (Wildman–Crippen LogP) is 2.01. The molecule has 0 heterocycles. The Bertz CT molecular complexity index is 96.3. The second kappa shape index (κ2) is 3.28. The third-order valence-corrected chi connectivity index (χ3v) is 1.17. The van der Waals surface area contributed by atoms with E-state index in [2.05, 4.69) is 0 Å². The van der Waals surface area contributed by atoms with E-state index in [0.29, 0.717) is 6.42 Å². The number of rotatable bonds is 2. The lowest BCUT2D eigenvalue weighted by molar-refractivity contribution is 0.0952. The molecule has 0 bridgehead atoms. The van der Waals surface area contributed by atoms with Gasteiger partial charge in [-0.1, -0.05) is 20.8 Å². The van der Waals surface area contributed by atoms with E-state index in [1.54, 1.807) is 0 Å². The van der Waals surface area contributed by atoms with Crippen molar-refractivity contribution in [1.82, 2.24) is 0 Å². The molecular weight excluding hydrogens is 136 g/mol. The largest absolute Gasteiger partial charge is 0.323 e. The maximum absolute atomic E-state index is 11.8. The molecule has 0 aromatic rings. The van der Waals surface area contributed by atoms with Gasteiger partial charge in [-0.05, 0) is 11.8 Å². The Kier molecular flexibility index (Phi) is 3.22. The number of nitrogens with two attached hydrogens (primary N) is 1. The minimum absolute atomic E-state index is 0.101. The van der Waals surface area contributed by atoms with E-state index in [1.165, 1.54) is 0 Å². The highest BCUT2D eigenvalue weighted by molar-refractivity contribution is 4.72. The van der Waals surface area contributed by atoms with Crippen molar-refractivity contribution < 1.29 is 8.78 Å². The molecule has 0 aliphatic heterocycles. The Balaban J connectivity index is 3.68. The van der Waals surface area contributed by atoms with Crippen LogP contribution in [0.4, 0.5) is 8.78 Å². The van der Waals surface area contributed by atoms with Crippen LogP contribution in [-0.2, 0) is 0 Å². The van der Waals surface area contributed by atoms with E-state index in [-0.39, 0.29) is 5.41 Å². The van der Waals surface area contributed by atoms with Crippen LogP contribution >= 0.6 is 0 Å². The number of halogens is 2. The normalized spacial score (nSPS) is 15.9. The highest BCUT2D eigenvalue weighted by Crippen LogP contribution is 2.22. The minimum Gasteiger partial charge on any atom is -0.323 e. The van der Waals surface area contributed by atoms with Gasteiger partial charge in [-0.3, -0.25) is 0 Å². The Morgan fingerprint density at radius 2 is 1.70 bits per heavy atom. The molecule has 0 radical (unpaired) electrons. The summed E-state index contributed by atoms with van der Waals surface area (Å²) in [5.41, 5.74) is 5.05. The highest BCUT2D eigenvalue weighted by atomic mass is 19.3. The lowest BCUT2D eigenvalue weighted by atomic mass is 9.88. The maximum Gasteiger partial charge on any atom is 0.253 e. The van der Waals surface area contributed by atoms with Crippen molar-refractivity contribution >= 4 is 0 Å². The summed E-state index contributed by atoms with van der Waals surface area (Å²) in [7, 11) is 0. The molecule has 0 amide bonds. The second-order valence-corrected chi connectivity index (χ2v) is 3.76. The van der Waals surface area contributed by atoms with Crippen molar-refractivity contribution in [2.24, 2.45) is 11.1 Å². The third-order valence-electron chi connectivity index (χ3n) is 1.17. The van der Waals surface area contributed by atoms with Gasteiger partial charge in [0.1, 0.15) is 0 Å². The molecule has 0 saturated heterocycles. The average Bonchev–Trinajstić information content (AvgIpc) is 1.60. The summed E-state index contributed by atoms with van der Waals surface area (Å²) in [5.74, 6) is 0. The van der Waals surface area contributed by atoms with Gasteiger partial charge in [0.2, 0.25) is 0 Å². The van der Waals surface area contributed by atoms with Gasteiger partial charge < -0.3 is 5.73 Å². The van der Waals surface area contributed by atoms with Crippen LogP contribution in [0.1, 0.15) is 27.2 Å². The van der Waals surface area contributed by atoms with Crippen LogP contribution < -0.4 is 5.73 Å². The van der Waals surface area contributed by atoms with Gasteiger partial charge in [0.05, 0.1) is 6.04 Å². The fourth-order valence-corrected chi connectivity index (χ4v) is 0.796. The Morgan fingerprint density at radius 1 is 1.30 bits per heavy atom. The van der Waals surface area contributed by atoms with E-state index < -0.39 is 12.5 Å². The summed E-state index contributed by atoms with van der Waals surface area (Å²) in [6.45, 7) is 5.69. The van der Waals surface area contributed by atoms with Crippen molar-refractivity contribution in [3.63, 3.8) is 0 Å². The summed E-state index contributed by atoms with van der Waals surface area (Å²) >= 11 is 0. The van der Waals surface area contributed by atoms with Crippen molar-refractivity contribution in [1.29, 1.82) is 0 Å². The lowest BCUT2D eigenvalue weighted by Crippen LogP contribution is -2.32. The molecule has 2 N–H and O–H groups in total. The molecule has 10 heavy (non-hydrogen) atoms. The van der Waals surface area contributed by atoms with Crippen molar-refractivity contribution in [3.05, 3.63) is 0 Å². The van der Waals surface area contributed by atoms with Crippen molar-refractivity contribution in [2.75, 3.05) is 0 Å². The van der Waals surface area contributed by atoms with Gasteiger partial charge in [-0.25, -0.2) is 8.78 Å². The van der Waals surface area contributed by atoms with Crippen LogP contribution in [0.15, 0.2) is 0 Å². The monoisotopic (exact) mass is 151 g/mol. The molecule has 0 fully saturated rings. The fourth-order valence-electron chi connectivity index (χ4n) is 0.796. The number of hydrogen-bond donors (Lipinski definition) is 1. The quantitative estimate of drug-likeness (QED) is 0.642. The van der Waals surface area contributed by atoms with Crippen LogP contribution in [-0.4, -0.2) is 12.5 Å². The molecule has 0 aromatic heterocycles. The van der Waals surface area contributed by atoms with E-state index in [4.69, 9.17) is 5.73 Å². The molecule has 62 valence electrons. The highest BCUT2D eigenvalue weighted by Gasteiger charge is 2.22. The topological polar surface area (TPSA) is 26.0 Å². The predicted molar refractivity (Wildman–Crippen MR) is 38.1 cm³/mol. The lowest BCUT2D eigenvalue weighted by Gasteiger charge is -2.22. The van der Waals surface area contributed by atoms with E-state index in [1.807, 2.05) is 20.8 Å². The summed E-state index contributed by atoms with van der Waals surface area (Å²) in [5, 5.41) is 0. The maximum atomic E-state index is 11.8. The summed E-state index contributed by atoms with van der Waals surface area (Å²) in [6.07, 6.45) is -2.02. The van der Waals surface area contributed by atoms with Gasteiger partial charge in [0, 0.05) is 0 Å². The first kappa shape index (κ1) is 9.82. The van der Waals surface area contributed by atoms with E-state index >= 15 is 0 Å². The molecule has 0 aliphatic rings. The third kappa shape index (κ3) is 4.68. The molecule has 0 aromatic carbocycles. The zero-order valence-electron chi connectivity index (χ0n) is 6.70. The molecule has 1 unspecified atom stereocenters. The molecule has 0 rings (SSSR count). The molecular formula is C7H15F2N. The second-order valence-electron chi connectivity index (χ2n) is 3.76. The Labute approximate surface area is 60.6 Å². The first-order valence-electron chi connectivity index (χ1n) is 3.36. The Morgan fingerprint density at radius 3 is 1.80 bits per heavy atom. The van der Waals surface area contributed by atoms with Gasteiger partial charge in [-0.2, -0.15) is 0 Å². The van der Waals surface area contributed by atoms with Crippen LogP contribution in [0.5, 0.6) is 0 Å². The minimum atomic E-state index is -2.39. The summed E-state index contributed by atoms with van der Waals surface area (Å²) < 4.78 is 23.7. The summed E-state index contributed by atoms with van der Waals surface area (Å²) in [6, 6.07) is -0.972. The number of alkyl halides is 2. The molecule has 0 aliphatic carbocycles. The van der Waals surface area contributed by atoms with Gasteiger partial charge >= 0.3 is 0 Å². The molecule has 0 spiro atoms. The first-order chi connectivity index (χ1) is 4.33. The molecule has 3 heteroatoms. The van der Waals surface area contributed by atoms with Crippen LogP contribution in [0, 0.1) is 5.41 Å². The molecule has 1 nitrogen and oxygen atoms in total. The standard InChI is InChI=1S/C7H15F2N/c1-7(2,3)4-5(10)6(8)9/h5-6H,4,10H2,1-3H3. The molecule has 0 saturated carbocycles. The SMILES string of the molecule is CC(C)(C)CC(N)C(F)F. The van der Waals surface area contributed by atoms with E-state index in [9.17, 15) is 8.78 Å². The fraction of sp³-hybridized carbons (Fsp3) is 1.00. The van der Waals surface area contributed by atoms with Gasteiger partial charge in [-0.15, -0.1) is 0 Å². The van der Waals surface area contributed by atoms with Crippen LogP contribution in [0.2, 0.25) is 0 Å². The van der Waals surface area contributed by atoms with Crippen molar-refractivity contribution in [2.45, 2.75) is 39.7 Å². The average molecular weight is 151 g/mol. The van der Waals surface area contributed by atoms with Crippen LogP contribution in [0.3, 0.4) is 0 Å². The first-order valence-corrected chi connectivity index (χ1v) is 3.36. The zero-order chi connectivity index (χ0) is 8.36. The zero-order valence-corrected chi connectivity index (χ0v) is 6.70. The van der Waals surface area contributed by atoms with Crippen molar-refractivity contribution in [3.8, 4) is 0 Å². The number of hydrogen-bond acceptors (Lipinski definition) is 1. The van der Waals surface area contributed by atoms with Crippen LogP contribution in [0.25, 0.3) is 0 Å². The van der Waals surface area contributed by atoms with Gasteiger partial charge in [0.15, 0.2) is 0 Å². The van der Waals surface area contributed by atoms with Gasteiger partial charge in [0.25, 0.3) is 6.43 Å². The molecule has 1 atom stereocenters. The summed E-state index contributed by atoms with van der Waals surface area (Å²) in [4.78, 5) is 0.